The molecule has 3 amide bonds. The summed E-state index contributed by atoms with van der Waals surface area (Å²) in [5, 5.41) is 5.52. The van der Waals surface area contributed by atoms with Crippen molar-refractivity contribution < 1.29 is 14.0 Å². The number of nitrogens with one attached hydrogen (secondary N) is 2. The number of urea groups is 1. The van der Waals surface area contributed by atoms with Crippen molar-refractivity contribution in [2.24, 2.45) is 5.92 Å². The average Bonchev–Trinajstić information content (AvgIpc) is 3.35. The first-order valence-electron chi connectivity index (χ1n) is 8.15. The van der Waals surface area contributed by atoms with Crippen molar-refractivity contribution in [3.63, 3.8) is 0 Å². The minimum absolute atomic E-state index is 0.0539. The number of nitrogens with zero attached hydrogens (tertiary/aromatic N) is 1. The molecule has 1 aromatic carbocycles. The highest BCUT2D eigenvalue weighted by Gasteiger charge is 2.35. The molecule has 2 N–H and O–H groups in total. The summed E-state index contributed by atoms with van der Waals surface area (Å²) >= 11 is 0. The molecule has 1 saturated heterocycles. The molecule has 0 radical (unpaired) electrons. The molecular weight excluding hydrogens is 297 g/mol. The fourth-order valence-electron chi connectivity index (χ4n) is 2.91. The fourth-order valence-corrected chi connectivity index (χ4v) is 2.91. The highest BCUT2D eigenvalue weighted by atomic mass is 19.1. The summed E-state index contributed by atoms with van der Waals surface area (Å²) in [7, 11) is 0. The number of carbonyl (C=O) groups excluding carboxylic acids is 2. The van der Waals surface area contributed by atoms with E-state index in [1.165, 1.54) is 6.07 Å². The standard InChI is InChI=1S/C17H22FN3O2/c1-11-4-7-13(9-15(11)18)19-17(23)20-14-3-2-8-21(10-14)16(22)12-5-6-12/h4,7,9,12,14H,2-3,5-6,8,10H2,1H3,(H2,19,20,23)/t14-/m0/s1. The first kappa shape index (κ1) is 15.8. The van der Waals surface area contributed by atoms with E-state index in [2.05, 4.69) is 10.6 Å². The summed E-state index contributed by atoms with van der Waals surface area (Å²) in [5.74, 6) is 0.0808. The van der Waals surface area contributed by atoms with Crippen LogP contribution < -0.4 is 10.6 Å². The summed E-state index contributed by atoms with van der Waals surface area (Å²) in [6, 6.07) is 4.18. The molecular formula is C17H22FN3O2. The Morgan fingerprint density at radius 1 is 1.26 bits per heavy atom. The summed E-state index contributed by atoms with van der Waals surface area (Å²) in [5.41, 5.74) is 0.963. The number of aryl methyl sites for hydroxylation is 1. The monoisotopic (exact) mass is 319 g/mol. The van der Waals surface area contributed by atoms with Crippen molar-refractivity contribution in [2.45, 2.75) is 38.6 Å². The summed E-state index contributed by atoms with van der Waals surface area (Å²) in [6.45, 7) is 3.01. The number of benzene rings is 1. The Morgan fingerprint density at radius 3 is 2.74 bits per heavy atom. The van der Waals surface area contributed by atoms with Gasteiger partial charge in [-0.25, -0.2) is 9.18 Å². The molecule has 0 aromatic heterocycles. The van der Waals surface area contributed by atoms with Crippen molar-refractivity contribution in [1.82, 2.24) is 10.2 Å². The third-order valence-electron chi connectivity index (χ3n) is 4.42. The predicted molar refractivity (Wildman–Crippen MR) is 85.6 cm³/mol. The van der Waals surface area contributed by atoms with Crippen LogP contribution in [0.3, 0.4) is 0 Å². The molecule has 1 atom stereocenters. The van der Waals surface area contributed by atoms with Crippen LogP contribution in [0.5, 0.6) is 0 Å². The van der Waals surface area contributed by atoms with Gasteiger partial charge in [0.25, 0.3) is 0 Å². The second-order valence-electron chi connectivity index (χ2n) is 6.46. The van der Waals surface area contributed by atoms with Crippen molar-refractivity contribution in [2.75, 3.05) is 18.4 Å². The van der Waals surface area contributed by atoms with Crippen LogP contribution in [0.25, 0.3) is 0 Å². The lowest BCUT2D eigenvalue weighted by molar-refractivity contribution is -0.133. The molecule has 5 nitrogen and oxygen atoms in total. The summed E-state index contributed by atoms with van der Waals surface area (Å²) in [4.78, 5) is 26.0. The normalized spacial score (nSPS) is 21.0. The van der Waals surface area contributed by atoms with Gasteiger partial charge >= 0.3 is 6.03 Å². The molecule has 0 unspecified atom stereocenters. The van der Waals surface area contributed by atoms with Crippen molar-refractivity contribution in [1.29, 1.82) is 0 Å². The Balaban J connectivity index is 1.52. The minimum atomic E-state index is -0.362. The maximum absolute atomic E-state index is 13.5. The Labute approximate surface area is 135 Å². The van der Waals surface area contributed by atoms with Gasteiger partial charge < -0.3 is 15.5 Å². The van der Waals surface area contributed by atoms with E-state index in [4.69, 9.17) is 0 Å². The largest absolute Gasteiger partial charge is 0.340 e. The SMILES string of the molecule is Cc1ccc(NC(=O)N[C@H]2CCCN(C(=O)C3CC3)C2)cc1F. The Bertz CT molecular complexity index is 616. The minimum Gasteiger partial charge on any atom is -0.340 e. The molecule has 1 aliphatic carbocycles. The molecule has 1 aromatic rings. The third kappa shape index (κ3) is 4.00. The van der Waals surface area contributed by atoms with Crippen LogP contribution in [-0.2, 0) is 4.79 Å². The summed E-state index contributed by atoms with van der Waals surface area (Å²) in [6.07, 6.45) is 3.73. The van der Waals surface area contributed by atoms with Gasteiger partial charge in [-0.3, -0.25) is 4.79 Å². The third-order valence-corrected chi connectivity index (χ3v) is 4.42. The quantitative estimate of drug-likeness (QED) is 0.900. The molecule has 3 rings (SSSR count). The van der Waals surface area contributed by atoms with Gasteiger partial charge in [0.2, 0.25) is 5.91 Å². The number of hydrogen-bond acceptors (Lipinski definition) is 2. The van der Waals surface area contributed by atoms with Gasteiger partial charge in [-0.15, -0.1) is 0 Å². The number of carbonyl (C=O) groups is 2. The van der Waals surface area contributed by atoms with E-state index >= 15 is 0 Å². The van der Waals surface area contributed by atoms with E-state index in [-0.39, 0.29) is 29.7 Å². The molecule has 0 spiro atoms. The smallest absolute Gasteiger partial charge is 0.319 e. The van der Waals surface area contributed by atoms with E-state index < -0.39 is 0 Å². The molecule has 0 bridgehead atoms. The molecule has 1 heterocycles. The van der Waals surface area contributed by atoms with Crippen molar-refractivity contribution in [3.05, 3.63) is 29.6 Å². The number of rotatable bonds is 3. The van der Waals surface area contributed by atoms with Crippen LogP contribution in [0.4, 0.5) is 14.9 Å². The lowest BCUT2D eigenvalue weighted by Gasteiger charge is -2.33. The zero-order valence-corrected chi connectivity index (χ0v) is 13.3. The van der Waals surface area contributed by atoms with Gasteiger partial charge in [-0.2, -0.15) is 0 Å². The maximum Gasteiger partial charge on any atom is 0.319 e. The Hall–Kier alpha value is -2.11. The first-order valence-corrected chi connectivity index (χ1v) is 8.15. The van der Waals surface area contributed by atoms with E-state index in [0.29, 0.717) is 17.8 Å². The number of anilines is 1. The Morgan fingerprint density at radius 2 is 2.04 bits per heavy atom. The van der Waals surface area contributed by atoms with Gasteiger partial charge in [0.05, 0.1) is 0 Å². The van der Waals surface area contributed by atoms with Crippen LogP contribution in [0, 0.1) is 18.7 Å². The van der Waals surface area contributed by atoms with Crippen molar-refractivity contribution in [3.8, 4) is 0 Å². The van der Waals surface area contributed by atoms with Crippen LogP contribution in [0.1, 0.15) is 31.2 Å². The van der Waals surface area contributed by atoms with E-state index in [1.807, 2.05) is 4.90 Å². The fraction of sp³-hybridized carbons (Fsp3) is 0.529. The molecule has 6 heteroatoms. The van der Waals surface area contributed by atoms with Gasteiger partial charge in [-0.1, -0.05) is 6.07 Å². The van der Waals surface area contributed by atoms with Gasteiger partial charge in [0.1, 0.15) is 5.82 Å². The van der Waals surface area contributed by atoms with Crippen LogP contribution >= 0.6 is 0 Å². The zero-order valence-electron chi connectivity index (χ0n) is 13.3. The average molecular weight is 319 g/mol. The highest BCUT2D eigenvalue weighted by molar-refractivity contribution is 5.89. The second-order valence-corrected chi connectivity index (χ2v) is 6.46. The molecule has 124 valence electrons. The maximum atomic E-state index is 13.5. The predicted octanol–water partition coefficient (Wildman–Crippen LogP) is 2.66. The molecule has 2 fully saturated rings. The number of hydrogen-bond donors (Lipinski definition) is 2. The number of halogens is 1. The molecule has 23 heavy (non-hydrogen) atoms. The van der Waals surface area contributed by atoms with Crippen LogP contribution in [-0.4, -0.2) is 36.0 Å². The zero-order chi connectivity index (χ0) is 16.4. The first-order chi connectivity index (χ1) is 11.0. The lowest BCUT2D eigenvalue weighted by Crippen LogP contribution is -2.50. The molecule has 1 aliphatic heterocycles. The Kier molecular flexibility index (Phi) is 4.50. The number of piperidine rings is 1. The lowest BCUT2D eigenvalue weighted by atomic mass is 10.1. The van der Waals surface area contributed by atoms with Gasteiger partial charge in [-0.05, 0) is 50.3 Å². The van der Waals surface area contributed by atoms with Gasteiger partial charge in [0.15, 0.2) is 0 Å². The second kappa shape index (κ2) is 6.56. The van der Waals surface area contributed by atoms with Crippen LogP contribution in [0.15, 0.2) is 18.2 Å². The van der Waals surface area contributed by atoms with Crippen LogP contribution in [0.2, 0.25) is 0 Å². The van der Waals surface area contributed by atoms with E-state index in [1.54, 1.807) is 19.1 Å². The van der Waals surface area contributed by atoms with E-state index in [0.717, 1.165) is 32.2 Å². The summed E-state index contributed by atoms with van der Waals surface area (Å²) < 4.78 is 13.5. The van der Waals surface area contributed by atoms with Crippen molar-refractivity contribution >= 4 is 17.6 Å². The number of likely N-dealkylation sites (tertiary alicyclic amines) is 1. The topological polar surface area (TPSA) is 61.4 Å². The van der Waals surface area contributed by atoms with E-state index in [9.17, 15) is 14.0 Å². The molecule has 2 aliphatic rings. The molecule has 1 saturated carbocycles. The van der Waals surface area contributed by atoms with Gasteiger partial charge in [0, 0.05) is 30.7 Å². The number of amides is 3. The highest BCUT2D eigenvalue weighted by Crippen LogP contribution is 2.31.